The van der Waals surface area contributed by atoms with Gasteiger partial charge in [0, 0.05) is 74.8 Å². The van der Waals surface area contributed by atoms with E-state index in [-0.39, 0.29) is 79.1 Å². The van der Waals surface area contributed by atoms with Crippen LogP contribution in [0.4, 0.5) is 0 Å². The molecule has 7 rings (SSSR count). The topological polar surface area (TPSA) is 169 Å². The molecule has 58 heavy (non-hydrogen) atoms. The summed E-state index contributed by atoms with van der Waals surface area (Å²) in [5, 5.41) is 0.606. The molecule has 3 aromatic heterocycles. The van der Waals surface area contributed by atoms with Crippen LogP contribution >= 0.6 is 22.1 Å². The smallest absolute Gasteiger partial charge is 0.792 e. The van der Waals surface area contributed by atoms with Gasteiger partial charge < -0.3 is 28.4 Å². The fourth-order valence-corrected chi connectivity index (χ4v) is 10.9. The minimum Gasteiger partial charge on any atom is -0.792 e. The zero-order valence-electron chi connectivity index (χ0n) is 31.5. The van der Waals surface area contributed by atoms with Crippen molar-refractivity contribution >= 4 is 54.3 Å². The Balaban J connectivity index is 0.00000567. The minimum atomic E-state index is -4.16. The van der Waals surface area contributed by atoms with Gasteiger partial charge in [-0.05, 0) is 36.4 Å². The van der Waals surface area contributed by atoms with Crippen molar-refractivity contribution in [2.24, 2.45) is 0 Å². The first-order valence-corrected chi connectivity index (χ1v) is 23.5. The van der Waals surface area contributed by atoms with Gasteiger partial charge in [0.2, 0.25) is 0 Å². The van der Waals surface area contributed by atoms with E-state index in [9.17, 15) is 28.4 Å². The number of benzene rings is 3. The fourth-order valence-electron chi connectivity index (χ4n) is 6.77. The molecule has 1 radical (unpaired) electrons. The van der Waals surface area contributed by atoms with Gasteiger partial charge in [0.15, 0.2) is 0 Å². The maximum Gasteiger partial charge on any atom is 3.00 e. The summed E-state index contributed by atoms with van der Waals surface area (Å²) in [6, 6.07) is 40.0. The van der Waals surface area contributed by atoms with Crippen LogP contribution in [-0.2, 0) is 33.3 Å². The van der Waals surface area contributed by atoms with Gasteiger partial charge in [0.25, 0.3) is 0 Å². The predicted molar refractivity (Wildman–Crippen MR) is 218 cm³/mol. The zero-order chi connectivity index (χ0) is 39.9. The van der Waals surface area contributed by atoms with Crippen molar-refractivity contribution in [3.63, 3.8) is 0 Å². The van der Waals surface area contributed by atoms with E-state index in [1.807, 2.05) is 18.2 Å². The number of aromatic nitrogens is 3. The van der Waals surface area contributed by atoms with Gasteiger partial charge in [-0.15, -0.1) is 0 Å². The van der Waals surface area contributed by atoms with Crippen LogP contribution in [0, 0.1) is 46.9 Å². The Morgan fingerprint density at radius 2 is 0.621 bits per heavy atom. The first kappa shape index (κ1) is 44.6. The molecule has 0 bridgehead atoms. The largest absolute Gasteiger partial charge is 3.00 e. The molecule has 0 spiro atoms. The van der Waals surface area contributed by atoms with E-state index >= 15 is 0 Å². The average Bonchev–Trinajstić information content (AvgIpc) is 3.33. The summed E-state index contributed by atoms with van der Waals surface area (Å²) in [4.78, 5) is 60.8. The van der Waals surface area contributed by atoms with Gasteiger partial charge in [-0.3, -0.25) is 14.7 Å². The maximum atomic E-state index is 13.4. The van der Waals surface area contributed by atoms with Gasteiger partial charge >= 0.3 is 46.9 Å². The molecule has 305 valence electrons. The molecule has 6 aromatic rings. The summed E-state index contributed by atoms with van der Waals surface area (Å²) in [5.74, 6) is 0. The Bertz CT molecular complexity index is 2150. The zero-order valence-corrected chi connectivity index (χ0v) is 35.9. The summed E-state index contributed by atoms with van der Waals surface area (Å²) in [6.45, 7) is 4.84. The van der Waals surface area contributed by atoms with Gasteiger partial charge in [-0.2, -0.15) is 0 Å². The molecular weight excluding hydrogens is 950 g/mol. The molecule has 3 unspecified atom stereocenters. The molecule has 1 fully saturated rings. The third kappa shape index (κ3) is 11.1. The van der Waals surface area contributed by atoms with Gasteiger partial charge in [0.1, 0.15) is 0 Å². The standard InChI is InChI=1S/C42H45N6O6P3.Yb/c49-55(50,37-16-4-1-5-17-37)40-22-10-13-34(43-40)31-46-25-27-47(32-35-14-11-23-41(44-35)56(51,52)38-18-6-2-7-19-38)29-30-48(28-26-46)33-36-15-12-24-42(45-36)57(53,54)39-20-8-3-9-21-39;/h1-24H,25-33H2,(H,49,50)(H,51,52)(H,53,54);/q;+3/p-3. The quantitative estimate of drug-likeness (QED) is 0.162. The molecule has 12 nitrogen and oxygen atoms in total. The SMILES string of the molecule is O=P([O-])(c1ccccc1)c1cccc(CN2CCN(Cc3cccc(P(=O)([O-])c4ccccc4)n3)CCN(Cc3cccc(P(=O)([O-])c4ccccc4)n3)CC2)n1.[Yb+3]. The summed E-state index contributed by atoms with van der Waals surface area (Å²) < 4.78 is 40.3. The van der Waals surface area contributed by atoms with Gasteiger partial charge in [-0.25, -0.2) is 15.0 Å². The molecule has 1 saturated heterocycles. The normalized spacial score (nSPS) is 17.6. The summed E-state index contributed by atoms with van der Waals surface area (Å²) in [6.07, 6.45) is 0. The predicted octanol–water partition coefficient (Wildman–Crippen LogP) is 1.46. The van der Waals surface area contributed by atoms with Crippen molar-refractivity contribution in [2.45, 2.75) is 19.6 Å². The molecule has 0 N–H and O–H groups in total. The summed E-state index contributed by atoms with van der Waals surface area (Å²) in [7, 11) is -12.5. The van der Waals surface area contributed by atoms with Crippen molar-refractivity contribution in [1.82, 2.24) is 29.7 Å². The first-order valence-electron chi connectivity index (χ1n) is 18.6. The number of hydrogen-bond acceptors (Lipinski definition) is 12. The second-order valence-corrected chi connectivity index (χ2v) is 20.2. The van der Waals surface area contributed by atoms with Crippen molar-refractivity contribution in [2.75, 3.05) is 39.3 Å². The Labute approximate surface area is 377 Å². The van der Waals surface area contributed by atoms with Crippen molar-refractivity contribution in [1.29, 1.82) is 0 Å². The molecule has 0 aliphatic carbocycles. The molecule has 16 heteroatoms. The van der Waals surface area contributed by atoms with Crippen molar-refractivity contribution in [3.8, 4) is 0 Å². The van der Waals surface area contributed by atoms with Crippen LogP contribution in [0.25, 0.3) is 0 Å². The third-order valence-electron chi connectivity index (χ3n) is 9.92. The van der Waals surface area contributed by atoms with Crippen molar-refractivity contribution in [3.05, 3.63) is 163 Å². The maximum absolute atomic E-state index is 13.4. The second kappa shape index (κ2) is 20.1. The van der Waals surface area contributed by atoms with E-state index in [1.165, 1.54) is 18.2 Å². The first-order chi connectivity index (χ1) is 27.5. The Morgan fingerprint density at radius 3 is 0.862 bits per heavy atom. The van der Waals surface area contributed by atoms with Crippen LogP contribution in [0.3, 0.4) is 0 Å². The molecule has 0 amide bonds. The van der Waals surface area contributed by atoms with E-state index in [2.05, 4.69) is 29.7 Å². The van der Waals surface area contributed by atoms with Gasteiger partial charge in [-0.1, -0.05) is 109 Å². The monoisotopic (exact) mass is 993 g/mol. The van der Waals surface area contributed by atoms with Crippen LogP contribution in [0.1, 0.15) is 17.1 Å². The second-order valence-electron chi connectivity index (χ2n) is 14.0. The van der Waals surface area contributed by atoms with Crippen molar-refractivity contribution < 1.29 is 75.3 Å². The van der Waals surface area contributed by atoms with Crippen LogP contribution in [0.5, 0.6) is 0 Å². The molecule has 4 heterocycles. The Hall–Kier alpha value is -2.92. The Morgan fingerprint density at radius 1 is 0.379 bits per heavy atom. The van der Waals surface area contributed by atoms with Crippen LogP contribution in [0.15, 0.2) is 146 Å². The summed E-state index contributed by atoms with van der Waals surface area (Å²) >= 11 is 0. The van der Waals surface area contributed by atoms with Crippen LogP contribution < -0.4 is 46.9 Å². The van der Waals surface area contributed by atoms with Gasteiger partial charge in [0.05, 0.1) is 55.5 Å². The molecule has 1 aliphatic heterocycles. The molecule has 1 aliphatic rings. The van der Waals surface area contributed by atoms with E-state index in [0.717, 1.165) is 0 Å². The molecule has 3 aromatic carbocycles. The number of rotatable bonds is 12. The number of nitrogens with zero attached hydrogens (tertiary/aromatic N) is 6. The van der Waals surface area contributed by atoms with Crippen LogP contribution in [-0.4, -0.2) is 68.9 Å². The fraction of sp³-hybridized carbons (Fsp3) is 0.214. The molecule has 3 atom stereocenters. The Kier molecular flexibility index (Phi) is 15.5. The van der Waals surface area contributed by atoms with E-state index in [4.69, 9.17) is 0 Å². The van der Waals surface area contributed by atoms with Crippen LogP contribution in [0.2, 0.25) is 0 Å². The minimum absolute atomic E-state index is 0. The third-order valence-corrected chi connectivity index (χ3v) is 15.4. The molecular formula is C42H42N6O6P3Yb. The molecule has 0 saturated carbocycles. The van der Waals surface area contributed by atoms with E-state index < -0.39 is 22.1 Å². The van der Waals surface area contributed by atoms with E-state index in [1.54, 1.807) is 109 Å². The van der Waals surface area contributed by atoms with E-state index in [0.29, 0.717) is 76.0 Å². The number of pyridine rings is 3. The average molecular weight is 993 g/mol. The summed E-state index contributed by atoms with van der Waals surface area (Å²) in [5.41, 5.74) is 1.85. The number of hydrogen-bond donors (Lipinski definition) is 0.